The molecule has 0 unspecified atom stereocenters. The van der Waals surface area contributed by atoms with Crippen LogP contribution in [-0.2, 0) is 0 Å². The maximum absolute atomic E-state index is 8.36. The van der Waals surface area contributed by atoms with E-state index in [2.05, 4.69) is 17.0 Å². The van der Waals surface area contributed by atoms with E-state index in [9.17, 15) is 0 Å². The average Bonchev–Trinajstić information content (AvgIpc) is 2.26. The van der Waals surface area contributed by atoms with Gasteiger partial charge >= 0.3 is 0 Å². The molecule has 1 heterocycles. The zero-order valence-corrected chi connectivity index (χ0v) is 9.65. The van der Waals surface area contributed by atoms with Crippen molar-refractivity contribution < 1.29 is 5.21 Å². The van der Waals surface area contributed by atoms with Gasteiger partial charge in [0.2, 0.25) is 0 Å². The summed E-state index contributed by atoms with van der Waals surface area (Å²) in [6, 6.07) is 0. The molecule has 0 aliphatic carbocycles. The summed E-state index contributed by atoms with van der Waals surface area (Å²) in [5.74, 6) is 1.25. The first kappa shape index (κ1) is 12.3. The van der Waals surface area contributed by atoms with E-state index < -0.39 is 0 Å². The van der Waals surface area contributed by atoms with Crippen LogP contribution in [0.3, 0.4) is 0 Å². The predicted octanol–water partition coefficient (Wildman–Crippen LogP) is 1.63. The number of amidine groups is 1. The van der Waals surface area contributed by atoms with Crippen LogP contribution < -0.4 is 5.73 Å². The number of oxime groups is 1. The summed E-state index contributed by atoms with van der Waals surface area (Å²) in [7, 11) is 0. The highest BCUT2D eigenvalue weighted by molar-refractivity contribution is 5.79. The van der Waals surface area contributed by atoms with E-state index in [0.717, 1.165) is 25.3 Å². The zero-order chi connectivity index (χ0) is 11.1. The van der Waals surface area contributed by atoms with Crippen molar-refractivity contribution in [2.75, 3.05) is 19.6 Å². The largest absolute Gasteiger partial charge is 0.409 e. The number of hydrogen-bond donors (Lipinski definition) is 2. The van der Waals surface area contributed by atoms with Gasteiger partial charge in [-0.15, -0.1) is 0 Å². The highest BCUT2D eigenvalue weighted by atomic mass is 16.4. The monoisotopic (exact) mass is 213 g/mol. The van der Waals surface area contributed by atoms with Gasteiger partial charge in [-0.3, -0.25) is 0 Å². The standard InChI is InChI=1S/C11H23N3O/c1-10-5-8-14(9-6-10)7-3-2-4-11(12)13-15/h10,15H,2-9H2,1H3,(H2,12,13). The van der Waals surface area contributed by atoms with E-state index in [1.807, 2.05) is 0 Å². The van der Waals surface area contributed by atoms with E-state index in [-0.39, 0.29) is 0 Å². The normalized spacial score (nSPS) is 20.7. The van der Waals surface area contributed by atoms with Crippen LogP contribution in [0.5, 0.6) is 0 Å². The summed E-state index contributed by atoms with van der Waals surface area (Å²) >= 11 is 0. The molecule has 1 fully saturated rings. The Morgan fingerprint density at radius 2 is 2.07 bits per heavy atom. The molecule has 88 valence electrons. The molecule has 0 bridgehead atoms. The molecule has 0 spiro atoms. The van der Waals surface area contributed by atoms with Gasteiger partial charge in [0.1, 0.15) is 5.84 Å². The van der Waals surface area contributed by atoms with Crippen LogP contribution in [0.25, 0.3) is 0 Å². The minimum atomic E-state index is 0.349. The van der Waals surface area contributed by atoms with Gasteiger partial charge in [-0.1, -0.05) is 12.1 Å². The lowest BCUT2D eigenvalue weighted by Gasteiger charge is -2.30. The molecule has 4 heteroatoms. The number of piperidine rings is 1. The van der Waals surface area contributed by atoms with E-state index in [1.54, 1.807) is 0 Å². The van der Waals surface area contributed by atoms with Crippen molar-refractivity contribution in [2.45, 2.75) is 39.0 Å². The zero-order valence-electron chi connectivity index (χ0n) is 9.65. The summed E-state index contributed by atoms with van der Waals surface area (Å²) in [6.45, 7) is 5.97. The van der Waals surface area contributed by atoms with Crippen LogP contribution in [0.15, 0.2) is 5.16 Å². The number of likely N-dealkylation sites (tertiary alicyclic amines) is 1. The Bertz CT molecular complexity index is 198. The average molecular weight is 213 g/mol. The van der Waals surface area contributed by atoms with Crippen LogP contribution in [0, 0.1) is 5.92 Å². The summed E-state index contributed by atoms with van der Waals surface area (Å²) in [5, 5.41) is 11.3. The van der Waals surface area contributed by atoms with Crippen molar-refractivity contribution in [3.63, 3.8) is 0 Å². The minimum absolute atomic E-state index is 0.349. The second-order valence-electron chi connectivity index (χ2n) is 4.57. The van der Waals surface area contributed by atoms with Crippen molar-refractivity contribution in [3.8, 4) is 0 Å². The summed E-state index contributed by atoms with van der Waals surface area (Å²) in [5.41, 5.74) is 5.40. The van der Waals surface area contributed by atoms with Crippen LogP contribution in [0.2, 0.25) is 0 Å². The smallest absolute Gasteiger partial charge is 0.139 e. The fraction of sp³-hybridized carbons (Fsp3) is 0.909. The van der Waals surface area contributed by atoms with Crippen molar-refractivity contribution >= 4 is 5.84 Å². The lowest BCUT2D eigenvalue weighted by molar-refractivity contribution is 0.190. The van der Waals surface area contributed by atoms with Crippen molar-refractivity contribution in [1.29, 1.82) is 0 Å². The predicted molar refractivity (Wildman–Crippen MR) is 62.1 cm³/mol. The molecule has 1 saturated heterocycles. The van der Waals surface area contributed by atoms with E-state index >= 15 is 0 Å². The third-order valence-electron chi connectivity index (χ3n) is 3.16. The third kappa shape index (κ3) is 5.02. The van der Waals surface area contributed by atoms with Crippen LogP contribution >= 0.6 is 0 Å². The van der Waals surface area contributed by atoms with Crippen LogP contribution in [-0.4, -0.2) is 35.6 Å². The van der Waals surface area contributed by atoms with Gasteiger partial charge in [0.25, 0.3) is 0 Å². The van der Waals surface area contributed by atoms with Crippen molar-refractivity contribution in [2.24, 2.45) is 16.8 Å². The SMILES string of the molecule is CC1CCN(CCCCC(N)=NO)CC1. The maximum atomic E-state index is 8.36. The molecular weight excluding hydrogens is 190 g/mol. The van der Waals surface area contributed by atoms with Crippen LogP contribution in [0.1, 0.15) is 39.0 Å². The summed E-state index contributed by atoms with van der Waals surface area (Å²) in [6.07, 6.45) is 5.54. The minimum Gasteiger partial charge on any atom is -0.409 e. The van der Waals surface area contributed by atoms with Crippen molar-refractivity contribution in [1.82, 2.24) is 4.90 Å². The second kappa shape index (κ2) is 6.67. The van der Waals surface area contributed by atoms with Crippen LogP contribution in [0.4, 0.5) is 0 Å². The Morgan fingerprint density at radius 3 is 2.67 bits per heavy atom. The number of nitrogens with two attached hydrogens (primary N) is 1. The fourth-order valence-corrected chi connectivity index (χ4v) is 1.98. The number of rotatable bonds is 5. The molecular formula is C11H23N3O. The second-order valence-corrected chi connectivity index (χ2v) is 4.57. The van der Waals surface area contributed by atoms with Crippen molar-refractivity contribution in [3.05, 3.63) is 0 Å². The van der Waals surface area contributed by atoms with E-state index in [1.165, 1.54) is 25.9 Å². The lowest BCUT2D eigenvalue weighted by atomic mass is 9.99. The molecule has 0 radical (unpaired) electrons. The lowest BCUT2D eigenvalue weighted by Crippen LogP contribution is -2.33. The van der Waals surface area contributed by atoms with Gasteiger partial charge in [0.15, 0.2) is 0 Å². The van der Waals surface area contributed by atoms with E-state index in [4.69, 9.17) is 10.9 Å². The number of unbranched alkanes of at least 4 members (excludes halogenated alkanes) is 1. The molecule has 0 aromatic heterocycles. The highest BCUT2D eigenvalue weighted by Crippen LogP contribution is 2.16. The first-order valence-corrected chi connectivity index (χ1v) is 5.91. The van der Waals surface area contributed by atoms with Gasteiger partial charge in [0, 0.05) is 6.42 Å². The first-order valence-electron chi connectivity index (χ1n) is 5.91. The number of nitrogens with zero attached hydrogens (tertiary/aromatic N) is 2. The summed E-state index contributed by atoms with van der Waals surface area (Å²) < 4.78 is 0. The maximum Gasteiger partial charge on any atom is 0.139 e. The fourth-order valence-electron chi connectivity index (χ4n) is 1.98. The number of hydrogen-bond acceptors (Lipinski definition) is 3. The summed E-state index contributed by atoms with van der Waals surface area (Å²) in [4.78, 5) is 2.52. The Labute approximate surface area is 92.1 Å². The molecule has 0 aromatic rings. The first-order chi connectivity index (χ1) is 7.22. The van der Waals surface area contributed by atoms with Gasteiger partial charge in [-0.2, -0.15) is 0 Å². The molecule has 1 rings (SSSR count). The Hall–Kier alpha value is -0.770. The quantitative estimate of drug-likeness (QED) is 0.240. The molecule has 3 N–H and O–H groups in total. The Kier molecular flexibility index (Phi) is 5.47. The molecule has 0 atom stereocenters. The molecule has 1 aliphatic rings. The molecule has 4 nitrogen and oxygen atoms in total. The van der Waals surface area contributed by atoms with Gasteiger partial charge in [-0.05, 0) is 51.2 Å². The Morgan fingerprint density at radius 1 is 1.40 bits per heavy atom. The molecule has 1 aliphatic heterocycles. The Balaban J connectivity index is 2.01. The van der Waals surface area contributed by atoms with E-state index in [0.29, 0.717) is 12.3 Å². The highest BCUT2D eigenvalue weighted by Gasteiger charge is 2.14. The third-order valence-corrected chi connectivity index (χ3v) is 3.16. The van der Waals surface area contributed by atoms with Gasteiger partial charge in [-0.25, -0.2) is 0 Å². The topological polar surface area (TPSA) is 61.8 Å². The molecule has 0 saturated carbocycles. The molecule has 15 heavy (non-hydrogen) atoms. The molecule has 0 aromatic carbocycles. The molecule has 0 amide bonds. The van der Waals surface area contributed by atoms with Gasteiger partial charge in [0.05, 0.1) is 0 Å². The van der Waals surface area contributed by atoms with Gasteiger partial charge < -0.3 is 15.8 Å².